The SMILES string of the molecule is CCS(=O)(=O)CCOc1ccc(C(C)=O)c(F)c1. The number of carbonyl (C=O) groups excluding carboxylic acids is 1. The Bertz CT molecular complexity index is 537. The van der Waals surface area contributed by atoms with E-state index < -0.39 is 15.7 Å². The van der Waals surface area contributed by atoms with Gasteiger partial charge in [-0.3, -0.25) is 4.79 Å². The van der Waals surface area contributed by atoms with Crippen LogP contribution in [0.15, 0.2) is 18.2 Å². The highest BCUT2D eigenvalue weighted by Gasteiger charge is 2.10. The molecule has 0 N–H and O–H groups in total. The van der Waals surface area contributed by atoms with Crippen molar-refractivity contribution in [3.63, 3.8) is 0 Å². The lowest BCUT2D eigenvalue weighted by atomic mass is 10.1. The summed E-state index contributed by atoms with van der Waals surface area (Å²) in [6, 6.07) is 3.84. The maximum absolute atomic E-state index is 13.4. The van der Waals surface area contributed by atoms with Crippen LogP contribution in [0.3, 0.4) is 0 Å². The first-order valence-electron chi connectivity index (χ1n) is 5.49. The first-order valence-corrected chi connectivity index (χ1v) is 7.31. The molecule has 0 saturated heterocycles. The molecule has 4 nitrogen and oxygen atoms in total. The Morgan fingerprint density at radius 2 is 2.06 bits per heavy atom. The quantitative estimate of drug-likeness (QED) is 0.743. The molecule has 0 bridgehead atoms. The van der Waals surface area contributed by atoms with Crippen LogP contribution >= 0.6 is 0 Å². The van der Waals surface area contributed by atoms with E-state index in [2.05, 4.69) is 0 Å². The Morgan fingerprint density at radius 1 is 1.39 bits per heavy atom. The Labute approximate surface area is 106 Å². The van der Waals surface area contributed by atoms with Crippen LogP contribution in [-0.2, 0) is 9.84 Å². The zero-order chi connectivity index (χ0) is 13.8. The van der Waals surface area contributed by atoms with E-state index in [0.717, 1.165) is 6.07 Å². The fourth-order valence-electron chi connectivity index (χ4n) is 1.30. The number of ether oxygens (including phenoxy) is 1. The highest BCUT2D eigenvalue weighted by molar-refractivity contribution is 7.91. The van der Waals surface area contributed by atoms with Crippen molar-refractivity contribution in [2.75, 3.05) is 18.1 Å². The van der Waals surface area contributed by atoms with Crippen molar-refractivity contribution in [2.24, 2.45) is 0 Å². The molecule has 100 valence electrons. The molecule has 0 unspecified atom stereocenters. The number of hydrogen-bond acceptors (Lipinski definition) is 4. The molecule has 0 aliphatic carbocycles. The Kier molecular flexibility index (Phi) is 4.84. The molecule has 1 aromatic carbocycles. The summed E-state index contributed by atoms with van der Waals surface area (Å²) < 4.78 is 40.9. The second-order valence-corrected chi connectivity index (χ2v) is 6.26. The molecule has 18 heavy (non-hydrogen) atoms. The zero-order valence-electron chi connectivity index (χ0n) is 10.3. The summed E-state index contributed by atoms with van der Waals surface area (Å²) >= 11 is 0. The van der Waals surface area contributed by atoms with Crippen molar-refractivity contribution in [2.45, 2.75) is 13.8 Å². The summed E-state index contributed by atoms with van der Waals surface area (Å²) in [5.74, 6) is -0.886. The molecular formula is C12H15FO4S. The third-order valence-corrected chi connectivity index (χ3v) is 4.09. The molecule has 0 radical (unpaired) electrons. The van der Waals surface area contributed by atoms with Gasteiger partial charge in [-0.15, -0.1) is 0 Å². The van der Waals surface area contributed by atoms with Crippen molar-refractivity contribution >= 4 is 15.6 Å². The summed E-state index contributed by atoms with van der Waals surface area (Å²) in [6.45, 7) is 2.79. The van der Waals surface area contributed by atoms with Gasteiger partial charge in [0.1, 0.15) is 18.2 Å². The number of benzene rings is 1. The average molecular weight is 274 g/mol. The minimum absolute atomic E-state index is 0.0106. The van der Waals surface area contributed by atoms with Gasteiger partial charge in [0.25, 0.3) is 0 Å². The van der Waals surface area contributed by atoms with E-state index in [0.29, 0.717) is 0 Å². The minimum Gasteiger partial charge on any atom is -0.492 e. The fourth-order valence-corrected chi connectivity index (χ4v) is 1.93. The number of hydrogen-bond donors (Lipinski definition) is 0. The summed E-state index contributed by atoms with van der Waals surface area (Å²) in [5.41, 5.74) is -0.0106. The van der Waals surface area contributed by atoms with Crippen LogP contribution in [0.4, 0.5) is 4.39 Å². The van der Waals surface area contributed by atoms with Crippen LogP contribution in [0, 0.1) is 5.82 Å². The zero-order valence-corrected chi connectivity index (χ0v) is 11.1. The molecule has 1 rings (SSSR count). The standard InChI is InChI=1S/C12H15FO4S/c1-3-18(15,16)7-6-17-10-4-5-11(9(2)14)12(13)8-10/h4-5,8H,3,6-7H2,1-2H3. The van der Waals surface area contributed by atoms with Gasteiger partial charge in [-0.25, -0.2) is 12.8 Å². The summed E-state index contributed by atoms with van der Waals surface area (Å²) in [5, 5.41) is 0. The summed E-state index contributed by atoms with van der Waals surface area (Å²) in [7, 11) is -3.09. The number of halogens is 1. The van der Waals surface area contributed by atoms with Crippen molar-refractivity contribution < 1.29 is 22.3 Å². The molecule has 0 spiro atoms. The number of ketones is 1. The van der Waals surface area contributed by atoms with Crippen LogP contribution in [0.25, 0.3) is 0 Å². The van der Waals surface area contributed by atoms with Crippen LogP contribution in [0.2, 0.25) is 0 Å². The van der Waals surface area contributed by atoms with Gasteiger partial charge < -0.3 is 4.74 Å². The largest absolute Gasteiger partial charge is 0.492 e. The topological polar surface area (TPSA) is 60.4 Å². The average Bonchev–Trinajstić information content (AvgIpc) is 2.28. The van der Waals surface area contributed by atoms with Crippen molar-refractivity contribution in [3.8, 4) is 5.75 Å². The van der Waals surface area contributed by atoms with E-state index in [4.69, 9.17) is 4.74 Å². The molecule has 0 aromatic heterocycles. The molecule has 0 atom stereocenters. The van der Waals surface area contributed by atoms with Crippen LogP contribution in [0.5, 0.6) is 5.75 Å². The molecule has 0 aliphatic heterocycles. The molecule has 0 aliphatic rings. The molecular weight excluding hydrogens is 259 g/mol. The van der Waals surface area contributed by atoms with Gasteiger partial charge in [0, 0.05) is 11.8 Å². The predicted molar refractivity (Wildman–Crippen MR) is 66.2 cm³/mol. The first kappa shape index (κ1) is 14.6. The number of rotatable bonds is 6. The van der Waals surface area contributed by atoms with Crippen LogP contribution in [-0.4, -0.2) is 32.3 Å². The monoisotopic (exact) mass is 274 g/mol. The van der Waals surface area contributed by atoms with Crippen molar-refractivity contribution in [3.05, 3.63) is 29.6 Å². The highest BCUT2D eigenvalue weighted by atomic mass is 32.2. The normalized spacial score (nSPS) is 11.3. The van der Waals surface area contributed by atoms with Gasteiger partial charge in [0.2, 0.25) is 0 Å². The number of carbonyl (C=O) groups is 1. The second-order valence-electron chi connectivity index (χ2n) is 3.78. The molecule has 1 aromatic rings. The van der Waals surface area contributed by atoms with Gasteiger partial charge >= 0.3 is 0 Å². The molecule has 0 fully saturated rings. The van der Waals surface area contributed by atoms with E-state index in [1.807, 2.05) is 0 Å². The maximum atomic E-state index is 13.4. The van der Waals surface area contributed by atoms with Gasteiger partial charge in [-0.2, -0.15) is 0 Å². The summed E-state index contributed by atoms with van der Waals surface area (Å²) in [4.78, 5) is 11.0. The van der Waals surface area contributed by atoms with Gasteiger partial charge in [-0.05, 0) is 19.1 Å². The van der Waals surface area contributed by atoms with E-state index in [9.17, 15) is 17.6 Å². The molecule has 0 amide bonds. The Morgan fingerprint density at radius 3 is 2.56 bits per heavy atom. The predicted octanol–water partition coefficient (Wildman–Crippen LogP) is 1.84. The van der Waals surface area contributed by atoms with Crippen LogP contribution in [0.1, 0.15) is 24.2 Å². The van der Waals surface area contributed by atoms with Crippen molar-refractivity contribution in [1.29, 1.82) is 0 Å². The lowest BCUT2D eigenvalue weighted by Crippen LogP contribution is -2.15. The fraction of sp³-hybridized carbons (Fsp3) is 0.417. The van der Waals surface area contributed by atoms with E-state index in [-0.39, 0.29) is 35.2 Å². The third-order valence-electron chi connectivity index (χ3n) is 2.42. The van der Waals surface area contributed by atoms with E-state index in [1.165, 1.54) is 19.1 Å². The maximum Gasteiger partial charge on any atom is 0.162 e. The Hall–Kier alpha value is -1.43. The second kappa shape index (κ2) is 5.95. The van der Waals surface area contributed by atoms with E-state index >= 15 is 0 Å². The lowest BCUT2D eigenvalue weighted by molar-refractivity contribution is 0.101. The number of Topliss-reactive ketones (excluding diaryl/α,β-unsaturated/α-hetero) is 1. The van der Waals surface area contributed by atoms with Gasteiger partial charge in [-0.1, -0.05) is 6.92 Å². The van der Waals surface area contributed by atoms with Gasteiger partial charge in [0.05, 0.1) is 11.3 Å². The van der Waals surface area contributed by atoms with E-state index in [1.54, 1.807) is 6.92 Å². The minimum atomic E-state index is -3.09. The van der Waals surface area contributed by atoms with Crippen molar-refractivity contribution in [1.82, 2.24) is 0 Å². The summed E-state index contributed by atoms with van der Waals surface area (Å²) in [6.07, 6.45) is 0. The van der Waals surface area contributed by atoms with Crippen LogP contribution < -0.4 is 4.74 Å². The smallest absolute Gasteiger partial charge is 0.162 e. The lowest BCUT2D eigenvalue weighted by Gasteiger charge is -2.07. The number of sulfone groups is 1. The highest BCUT2D eigenvalue weighted by Crippen LogP contribution is 2.17. The third kappa shape index (κ3) is 4.10. The van der Waals surface area contributed by atoms with Gasteiger partial charge in [0.15, 0.2) is 15.6 Å². The first-order chi connectivity index (χ1) is 8.35. The Balaban J connectivity index is 2.65. The molecule has 0 saturated carbocycles. The molecule has 6 heteroatoms. The molecule has 0 heterocycles.